The van der Waals surface area contributed by atoms with Crippen LogP contribution in [0.1, 0.15) is 24.2 Å². The second-order valence-electron chi connectivity index (χ2n) is 5.23. The topological polar surface area (TPSA) is 46.6 Å². The van der Waals surface area contributed by atoms with Crippen molar-refractivity contribution in [2.24, 2.45) is 0 Å². The molecular formula is C15H19NO3S. The molecule has 0 spiro atoms. The number of carbonyl (C=O) groups excluding carboxylic acids is 2. The fourth-order valence-electron chi connectivity index (χ4n) is 2.36. The summed E-state index contributed by atoms with van der Waals surface area (Å²) >= 11 is 1.11. The second kappa shape index (κ2) is 6.52. The number of morpholine rings is 1. The van der Waals surface area contributed by atoms with Crippen molar-refractivity contribution in [3.05, 3.63) is 29.8 Å². The van der Waals surface area contributed by atoms with Crippen LogP contribution < -0.4 is 0 Å². The quantitative estimate of drug-likeness (QED) is 0.473. The Balaban J connectivity index is 2.14. The molecule has 1 aliphatic heterocycles. The molecular weight excluding hydrogens is 274 g/mol. The van der Waals surface area contributed by atoms with E-state index in [1.165, 1.54) is 0 Å². The van der Waals surface area contributed by atoms with E-state index in [1.807, 2.05) is 26.0 Å². The average molecular weight is 293 g/mol. The molecule has 20 heavy (non-hydrogen) atoms. The average Bonchev–Trinajstić information content (AvgIpc) is 2.48. The third-order valence-electron chi connectivity index (χ3n) is 3.66. The highest BCUT2D eigenvalue weighted by molar-refractivity contribution is 8.11. The van der Waals surface area contributed by atoms with Crippen molar-refractivity contribution >= 4 is 23.2 Å². The minimum Gasteiger partial charge on any atom is -0.379 e. The Bertz CT molecular complexity index is 478. The fourth-order valence-corrected chi connectivity index (χ4v) is 2.76. The summed E-state index contributed by atoms with van der Waals surface area (Å²) in [4.78, 5) is 26.1. The summed E-state index contributed by atoms with van der Waals surface area (Å²) in [6.45, 7) is 6.80. The van der Waals surface area contributed by atoms with Crippen molar-refractivity contribution in [2.75, 3.05) is 26.3 Å². The lowest BCUT2D eigenvalue weighted by Crippen LogP contribution is -2.54. The summed E-state index contributed by atoms with van der Waals surface area (Å²) in [6.07, 6.45) is 0. The Morgan fingerprint density at radius 2 is 1.85 bits per heavy atom. The number of carbonyl (C=O) groups is 2. The van der Waals surface area contributed by atoms with Crippen LogP contribution in [-0.2, 0) is 9.53 Å². The summed E-state index contributed by atoms with van der Waals surface area (Å²) in [5.41, 5.74) is 0.925. The summed E-state index contributed by atoms with van der Waals surface area (Å²) in [5, 5.41) is 0. The van der Waals surface area contributed by atoms with Gasteiger partial charge in [-0.15, -0.1) is 0 Å². The molecule has 0 N–H and O–H groups in total. The molecule has 1 heterocycles. The van der Waals surface area contributed by atoms with E-state index >= 15 is 0 Å². The molecule has 1 aliphatic rings. The van der Waals surface area contributed by atoms with Gasteiger partial charge in [-0.3, -0.25) is 14.5 Å². The van der Waals surface area contributed by atoms with E-state index in [9.17, 15) is 9.59 Å². The molecule has 4 nitrogen and oxygen atoms in total. The van der Waals surface area contributed by atoms with E-state index in [4.69, 9.17) is 4.74 Å². The fraction of sp³-hybridized carbons (Fsp3) is 0.467. The lowest BCUT2D eigenvalue weighted by atomic mass is 9.91. The van der Waals surface area contributed by atoms with Crippen LogP contribution in [0.2, 0.25) is 0 Å². The van der Waals surface area contributed by atoms with Gasteiger partial charge in [-0.25, -0.2) is 0 Å². The van der Waals surface area contributed by atoms with Gasteiger partial charge in [-0.1, -0.05) is 23.9 Å². The van der Waals surface area contributed by atoms with Crippen LogP contribution in [0.25, 0.3) is 0 Å². The molecule has 1 fully saturated rings. The first kappa shape index (κ1) is 15.2. The maximum Gasteiger partial charge on any atom is 0.182 e. The second-order valence-corrected chi connectivity index (χ2v) is 6.13. The minimum atomic E-state index is -0.539. The Kier molecular flexibility index (Phi) is 4.96. The van der Waals surface area contributed by atoms with Gasteiger partial charge in [0.1, 0.15) is 0 Å². The van der Waals surface area contributed by atoms with Crippen molar-refractivity contribution in [3.63, 3.8) is 0 Å². The molecule has 0 unspecified atom stereocenters. The van der Waals surface area contributed by atoms with Crippen LogP contribution in [0, 0.1) is 0 Å². The Labute approximate surface area is 123 Å². The van der Waals surface area contributed by atoms with Crippen molar-refractivity contribution in [1.82, 2.24) is 4.90 Å². The van der Waals surface area contributed by atoms with Gasteiger partial charge in [0, 0.05) is 23.5 Å². The molecule has 1 saturated heterocycles. The number of hydrogen-bond donors (Lipinski definition) is 0. The van der Waals surface area contributed by atoms with Gasteiger partial charge in [0.2, 0.25) is 0 Å². The summed E-state index contributed by atoms with van der Waals surface area (Å²) in [5.74, 6) is 0.0991. The molecule has 0 aromatic heterocycles. The number of nitrogens with zero attached hydrogens (tertiary/aromatic N) is 1. The van der Waals surface area contributed by atoms with Gasteiger partial charge in [-0.05, 0) is 26.0 Å². The van der Waals surface area contributed by atoms with Crippen molar-refractivity contribution < 1.29 is 14.3 Å². The predicted octanol–water partition coefficient (Wildman–Crippen LogP) is 2.26. The molecule has 5 heteroatoms. The van der Waals surface area contributed by atoms with E-state index in [2.05, 4.69) is 4.90 Å². The van der Waals surface area contributed by atoms with E-state index in [-0.39, 0.29) is 5.78 Å². The van der Waals surface area contributed by atoms with E-state index in [0.29, 0.717) is 18.8 Å². The van der Waals surface area contributed by atoms with Gasteiger partial charge in [-0.2, -0.15) is 0 Å². The van der Waals surface area contributed by atoms with Gasteiger partial charge in [0.15, 0.2) is 11.4 Å². The van der Waals surface area contributed by atoms with E-state index in [1.54, 1.807) is 12.1 Å². The summed E-state index contributed by atoms with van der Waals surface area (Å²) < 4.78 is 5.33. The predicted molar refractivity (Wildman–Crippen MR) is 79.9 cm³/mol. The van der Waals surface area contributed by atoms with Gasteiger partial charge < -0.3 is 4.74 Å². The van der Waals surface area contributed by atoms with Crippen LogP contribution in [-0.4, -0.2) is 48.1 Å². The van der Waals surface area contributed by atoms with Crippen LogP contribution >= 0.6 is 11.8 Å². The Morgan fingerprint density at radius 1 is 1.25 bits per heavy atom. The van der Waals surface area contributed by atoms with E-state index in [0.717, 1.165) is 35.4 Å². The SMILES string of the molecule is CC(C)(C(=O)c1ccc(SC=O)cc1)N1CCOCC1. The zero-order valence-electron chi connectivity index (χ0n) is 11.8. The van der Waals surface area contributed by atoms with E-state index < -0.39 is 5.54 Å². The Hall–Kier alpha value is -1.17. The molecule has 0 bridgehead atoms. The lowest BCUT2D eigenvalue weighted by molar-refractivity contribution is -0.00430. The Morgan fingerprint density at radius 3 is 2.40 bits per heavy atom. The zero-order chi connectivity index (χ0) is 14.6. The maximum absolute atomic E-state index is 12.7. The number of benzene rings is 1. The van der Waals surface area contributed by atoms with Crippen molar-refractivity contribution in [3.8, 4) is 0 Å². The minimum absolute atomic E-state index is 0.0991. The first-order valence-electron chi connectivity index (χ1n) is 6.63. The number of ketones is 1. The summed E-state index contributed by atoms with van der Waals surface area (Å²) in [6, 6.07) is 7.19. The van der Waals surface area contributed by atoms with Crippen molar-refractivity contribution in [1.29, 1.82) is 0 Å². The monoisotopic (exact) mass is 293 g/mol. The maximum atomic E-state index is 12.7. The van der Waals surface area contributed by atoms with Gasteiger partial charge >= 0.3 is 0 Å². The van der Waals surface area contributed by atoms with Crippen LogP contribution in [0.3, 0.4) is 0 Å². The highest BCUT2D eigenvalue weighted by Crippen LogP contribution is 2.23. The molecule has 1 aromatic carbocycles. The normalized spacial score (nSPS) is 16.9. The zero-order valence-corrected chi connectivity index (χ0v) is 12.6. The number of rotatable bonds is 5. The summed E-state index contributed by atoms with van der Waals surface area (Å²) in [7, 11) is 0. The third kappa shape index (κ3) is 3.29. The van der Waals surface area contributed by atoms with Crippen molar-refractivity contribution in [2.45, 2.75) is 24.3 Å². The van der Waals surface area contributed by atoms with Crippen LogP contribution in [0.4, 0.5) is 0 Å². The molecule has 0 amide bonds. The largest absolute Gasteiger partial charge is 0.379 e. The smallest absolute Gasteiger partial charge is 0.182 e. The number of ether oxygens (including phenoxy) is 1. The first-order chi connectivity index (χ1) is 9.55. The number of thioether (sulfide) groups is 1. The highest BCUT2D eigenvalue weighted by atomic mass is 32.2. The molecule has 0 radical (unpaired) electrons. The number of hydrogen-bond acceptors (Lipinski definition) is 5. The molecule has 0 atom stereocenters. The molecule has 1 aromatic rings. The number of Topliss-reactive ketones (excluding diaryl/α,β-unsaturated/α-hetero) is 1. The molecule has 0 aliphatic carbocycles. The van der Waals surface area contributed by atoms with Crippen LogP contribution in [0.5, 0.6) is 0 Å². The molecule has 2 rings (SSSR count). The van der Waals surface area contributed by atoms with Gasteiger partial charge in [0.05, 0.1) is 18.8 Å². The lowest BCUT2D eigenvalue weighted by Gasteiger charge is -2.39. The van der Waals surface area contributed by atoms with Crippen LogP contribution in [0.15, 0.2) is 29.2 Å². The molecule has 108 valence electrons. The van der Waals surface area contributed by atoms with Gasteiger partial charge in [0.25, 0.3) is 0 Å². The highest BCUT2D eigenvalue weighted by Gasteiger charge is 2.35. The standard InChI is InChI=1S/C15H19NO3S/c1-15(2,16-7-9-19-10-8-16)14(18)12-3-5-13(6-4-12)20-11-17/h3-6,11H,7-10H2,1-2H3. The molecule has 0 saturated carbocycles. The first-order valence-corrected chi connectivity index (χ1v) is 7.51. The third-order valence-corrected chi connectivity index (χ3v) is 4.30.